The minimum absolute atomic E-state index is 0.0760. The fourth-order valence-electron chi connectivity index (χ4n) is 3.79. The van der Waals surface area contributed by atoms with Crippen molar-refractivity contribution in [2.24, 2.45) is 5.92 Å². The van der Waals surface area contributed by atoms with E-state index in [2.05, 4.69) is 5.32 Å². The average molecular weight is 433 g/mol. The zero-order valence-corrected chi connectivity index (χ0v) is 18.1. The SMILES string of the molecule is C[C@@H](NC(=O)C1CCN(S(=O)(=O)CCCc2ccccc2)CC1)c1ccc(F)cc1. The molecule has 0 saturated carbocycles. The van der Waals surface area contributed by atoms with Crippen molar-refractivity contribution < 1.29 is 17.6 Å². The second kappa shape index (κ2) is 10.2. The first-order valence-electron chi connectivity index (χ1n) is 10.4. The number of carbonyl (C=O) groups is 1. The Morgan fingerprint density at radius 2 is 1.73 bits per heavy atom. The standard InChI is InChI=1S/C23H29FN2O3S/c1-18(20-9-11-22(24)12-10-20)25-23(27)21-13-15-26(16-14-21)30(28,29)17-5-8-19-6-3-2-4-7-19/h2-4,6-7,9-12,18,21H,5,8,13-17H2,1H3,(H,25,27)/t18-/m1/s1. The van der Waals surface area contributed by atoms with Gasteiger partial charge in [0.05, 0.1) is 11.8 Å². The van der Waals surface area contributed by atoms with Gasteiger partial charge in [-0.3, -0.25) is 4.79 Å². The number of nitrogens with zero attached hydrogens (tertiary/aromatic N) is 1. The molecule has 0 aliphatic carbocycles. The summed E-state index contributed by atoms with van der Waals surface area (Å²) in [6.07, 6.45) is 2.35. The number of aryl methyl sites for hydroxylation is 1. The maximum absolute atomic E-state index is 13.1. The van der Waals surface area contributed by atoms with Crippen molar-refractivity contribution in [3.05, 3.63) is 71.5 Å². The van der Waals surface area contributed by atoms with Crippen LogP contribution in [0.4, 0.5) is 4.39 Å². The molecule has 1 N–H and O–H groups in total. The lowest BCUT2D eigenvalue weighted by Crippen LogP contribution is -2.44. The van der Waals surface area contributed by atoms with Gasteiger partial charge in [-0.05, 0) is 55.9 Å². The van der Waals surface area contributed by atoms with Crippen LogP contribution < -0.4 is 5.32 Å². The number of carbonyl (C=O) groups excluding carboxylic acids is 1. The summed E-state index contributed by atoms with van der Waals surface area (Å²) in [7, 11) is -3.31. The van der Waals surface area contributed by atoms with Crippen molar-refractivity contribution in [1.29, 1.82) is 0 Å². The minimum Gasteiger partial charge on any atom is -0.349 e. The Labute approximate surface area is 178 Å². The number of sulfonamides is 1. The van der Waals surface area contributed by atoms with Crippen molar-refractivity contribution in [3.63, 3.8) is 0 Å². The highest BCUT2D eigenvalue weighted by atomic mass is 32.2. The summed E-state index contributed by atoms with van der Waals surface area (Å²) >= 11 is 0. The van der Waals surface area contributed by atoms with Gasteiger partial charge in [-0.1, -0.05) is 42.5 Å². The van der Waals surface area contributed by atoms with E-state index in [0.717, 1.165) is 17.5 Å². The van der Waals surface area contributed by atoms with Gasteiger partial charge < -0.3 is 5.32 Å². The highest BCUT2D eigenvalue weighted by molar-refractivity contribution is 7.89. The first-order valence-corrected chi connectivity index (χ1v) is 12.0. The van der Waals surface area contributed by atoms with Crippen molar-refractivity contribution in [3.8, 4) is 0 Å². The smallest absolute Gasteiger partial charge is 0.223 e. The Morgan fingerprint density at radius 1 is 1.10 bits per heavy atom. The molecule has 0 spiro atoms. The molecule has 1 aliphatic heterocycles. The number of rotatable bonds is 8. The number of amides is 1. The summed E-state index contributed by atoms with van der Waals surface area (Å²) in [6, 6.07) is 15.7. The maximum Gasteiger partial charge on any atom is 0.223 e. The molecule has 7 heteroatoms. The fraction of sp³-hybridized carbons (Fsp3) is 0.435. The minimum atomic E-state index is -3.31. The number of halogens is 1. The average Bonchev–Trinajstić information content (AvgIpc) is 2.75. The van der Waals surface area contributed by atoms with E-state index in [1.165, 1.54) is 16.4 Å². The van der Waals surface area contributed by atoms with Crippen molar-refractivity contribution in [2.45, 2.75) is 38.6 Å². The fourth-order valence-corrected chi connectivity index (χ4v) is 5.33. The molecule has 1 atom stereocenters. The number of piperidine rings is 1. The third-order valence-electron chi connectivity index (χ3n) is 5.66. The summed E-state index contributed by atoms with van der Waals surface area (Å²) in [4.78, 5) is 12.6. The van der Waals surface area contributed by atoms with E-state index in [9.17, 15) is 17.6 Å². The van der Waals surface area contributed by atoms with Gasteiger partial charge in [0.2, 0.25) is 15.9 Å². The molecule has 0 unspecified atom stereocenters. The quantitative estimate of drug-likeness (QED) is 0.692. The summed E-state index contributed by atoms with van der Waals surface area (Å²) < 4.78 is 39.9. The third kappa shape index (κ3) is 6.12. The van der Waals surface area contributed by atoms with E-state index >= 15 is 0 Å². The first-order chi connectivity index (χ1) is 14.3. The second-order valence-corrected chi connectivity index (χ2v) is 9.95. The molecule has 1 aliphatic rings. The first kappa shape index (κ1) is 22.4. The molecule has 1 amide bonds. The molecule has 30 heavy (non-hydrogen) atoms. The maximum atomic E-state index is 13.1. The molecule has 5 nitrogen and oxygen atoms in total. The van der Waals surface area contributed by atoms with Gasteiger partial charge in [0.15, 0.2) is 0 Å². The molecule has 2 aromatic carbocycles. The van der Waals surface area contributed by atoms with E-state index < -0.39 is 10.0 Å². The van der Waals surface area contributed by atoms with E-state index in [-0.39, 0.29) is 29.4 Å². The zero-order chi connectivity index (χ0) is 21.6. The van der Waals surface area contributed by atoms with Gasteiger partial charge in [0.25, 0.3) is 0 Å². The van der Waals surface area contributed by atoms with E-state index in [1.807, 2.05) is 37.3 Å². The zero-order valence-electron chi connectivity index (χ0n) is 17.3. The van der Waals surface area contributed by atoms with Gasteiger partial charge in [-0.15, -0.1) is 0 Å². The van der Waals surface area contributed by atoms with Gasteiger partial charge in [-0.2, -0.15) is 0 Å². The highest BCUT2D eigenvalue weighted by Crippen LogP contribution is 2.22. The summed E-state index contributed by atoms with van der Waals surface area (Å²) in [5, 5.41) is 2.96. The van der Waals surface area contributed by atoms with Crippen LogP contribution in [0.15, 0.2) is 54.6 Å². The molecule has 3 rings (SSSR count). The monoisotopic (exact) mass is 432 g/mol. The van der Waals surface area contributed by atoms with Crippen LogP contribution in [-0.4, -0.2) is 37.5 Å². The molecule has 1 saturated heterocycles. The normalized spacial score (nSPS) is 16.9. The van der Waals surface area contributed by atoms with Crippen molar-refractivity contribution in [1.82, 2.24) is 9.62 Å². The summed E-state index contributed by atoms with van der Waals surface area (Å²) in [5.41, 5.74) is 1.97. The lowest BCUT2D eigenvalue weighted by Gasteiger charge is -2.31. The van der Waals surface area contributed by atoms with Crippen LogP contribution in [0.1, 0.15) is 43.4 Å². The molecule has 1 heterocycles. The van der Waals surface area contributed by atoms with Crippen LogP contribution in [0.3, 0.4) is 0 Å². The molecule has 0 radical (unpaired) electrons. The lowest BCUT2D eigenvalue weighted by atomic mass is 9.96. The van der Waals surface area contributed by atoms with Gasteiger partial charge in [-0.25, -0.2) is 17.1 Å². The molecule has 0 aromatic heterocycles. The van der Waals surface area contributed by atoms with Crippen LogP contribution in [0.5, 0.6) is 0 Å². The predicted molar refractivity (Wildman–Crippen MR) is 116 cm³/mol. The Kier molecular flexibility index (Phi) is 7.61. The topological polar surface area (TPSA) is 66.5 Å². The number of hydrogen-bond acceptors (Lipinski definition) is 3. The Bertz CT molecular complexity index is 925. The van der Waals surface area contributed by atoms with Crippen LogP contribution in [0.25, 0.3) is 0 Å². The number of hydrogen-bond donors (Lipinski definition) is 1. The van der Waals surface area contributed by atoms with Crippen LogP contribution in [0.2, 0.25) is 0 Å². The molecule has 0 bridgehead atoms. The van der Waals surface area contributed by atoms with Crippen LogP contribution in [0, 0.1) is 11.7 Å². The molecular weight excluding hydrogens is 403 g/mol. The number of nitrogens with one attached hydrogen (secondary N) is 1. The second-order valence-electron chi connectivity index (χ2n) is 7.86. The molecule has 162 valence electrons. The van der Waals surface area contributed by atoms with E-state index in [4.69, 9.17) is 0 Å². The molecule has 1 fully saturated rings. The Balaban J connectivity index is 1.45. The van der Waals surface area contributed by atoms with Crippen LogP contribution in [-0.2, 0) is 21.2 Å². The highest BCUT2D eigenvalue weighted by Gasteiger charge is 2.31. The third-order valence-corrected chi connectivity index (χ3v) is 7.61. The summed E-state index contributed by atoms with van der Waals surface area (Å²) in [6.45, 7) is 2.60. The lowest BCUT2D eigenvalue weighted by molar-refractivity contribution is -0.126. The van der Waals surface area contributed by atoms with E-state index in [1.54, 1.807) is 12.1 Å². The van der Waals surface area contributed by atoms with Crippen molar-refractivity contribution >= 4 is 15.9 Å². The van der Waals surface area contributed by atoms with Gasteiger partial charge >= 0.3 is 0 Å². The van der Waals surface area contributed by atoms with E-state index in [0.29, 0.717) is 32.4 Å². The Morgan fingerprint density at radius 3 is 2.37 bits per heavy atom. The number of benzene rings is 2. The largest absolute Gasteiger partial charge is 0.349 e. The van der Waals surface area contributed by atoms with Gasteiger partial charge in [0.1, 0.15) is 5.82 Å². The van der Waals surface area contributed by atoms with Crippen LogP contribution >= 0.6 is 0 Å². The predicted octanol–water partition coefficient (Wildman–Crippen LogP) is 3.68. The summed E-state index contributed by atoms with van der Waals surface area (Å²) in [5.74, 6) is -0.466. The van der Waals surface area contributed by atoms with Crippen molar-refractivity contribution in [2.75, 3.05) is 18.8 Å². The van der Waals surface area contributed by atoms with Gasteiger partial charge in [0, 0.05) is 19.0 Å². The molecular formula is C23H29FN2O3S. The molecule has 2 aromatic rings. The Hall–Kier alpha value is -2.25.